The number of carbonyl (C=O) groups is 1. The van der Waals surface area contributed by atoms with Crippen molar-refractivity contribution in [3.05, 3.63) is 51.6 Å². The average molecular weight is 356 g/mol. The normalized spacial score (nSPS) is 13.8. The molecular weight excluding hydrogens is 340 g/mol. The van der Waals surface area contributed by atoms with Crippen molar-refractivity contribution in [1.29, 1.82) is 0 Å². The molecule has 4 rings (SSSR count). The molecule has 9 heteroatoms. The number of hydrogen-bond acceptors (Lipinski definition) is 6. The van der Waals surface area contributed by atoms with Crippen LogP contribution in [0.15, 0.2) is 35.1 Å². The minimum Gasteiger partial charge on any atom is -0.299 e. The fraction of sp³-hybridized carbons (Fsp3) is 0.312. The number of rotatable bonds is 5. The molecule has 1 aliphatic rings. The number of aromatic nitrogens is 5. The van der Waals surface area contributed by atoms with Gasteiger partial charge in [-0.25, -0.2) is 14.0 Å². The lowest BCUT2D eigenvalue weighted by Crippen LogP contribution is -2.29. The molecule has 0 radical (unpaired) electrons. The summed E-state index contributed by atoms with van der Waals surface area (Å²) in [7, 11) is 0. The fourth-order valence-electron chi connectivity index (χ4n) is 2.60. The maximum atomic E-state index is 12.8. The molecule has 128 valence electrons. The Labute approximate surface area is 147 Å². The largest absolute Gasteiger partial charge is 0.351 e. The minimum atomic E-state index is -0.349. The topological polar surface area (TPSA) is 94.7 Å². The first-order valence-corrected chi connectivity index (χ1v) is 8.78. The van der Waals surface area contributed by atoms with Crippen LogP contribution in [0.25, 0.3) is 5.69 Å². The number of nitrogens with zero attached hydrogens (tertiary/aromatic N) is 5. The Bertz CT molecular complexity index is 970. The van der Waals surface area contributed by atoms with Crippen LogP contribution in [-0.2, 0) is 11.3 Å². The maximum absolute atomic E-state index is 12.8. The van der Waals surface area contributed by atoms with Gasteiger partial charge in [-0.15, -0.1) is 10.2 Å². The summed E-state index contributed by atoms with van der Waals surface area (Å²) in [5.74, 6) is 0.650. The standard InChI is InChI=1S/C16H16N6O2S/c1-10-18-19-15(25-10)17-13(23)9-21-16(24)22(12-5-3-2-4-6-12)14(20-21)11-7-8-11/h2-6,11H,7-9H2,1H3,(H,17,19,23). The molecule has 1 saturated carbocycles. The molecule has 1 aliphatic carbocycles. The molecular formula is C16H16N6O2S. The molecule has 2 aromatic heterocycles. The van der Waals surface area contributed by atoms with Crippen molar-refractivity contribution in [3.63, 3.8) is 0 Å². The third kappa shape index (κ3) is 3.22. The van der Waals surface area contributed by atoms with Crippen molar-refractivity contribution < 1.29 is 4.79 Å². The molecule has 0 bridgehead atoms. The van der Waals surface area contributed by atoms with Crippen LogP contribution in [0.2, 0.25) is 0 Å². The molecule has 8 nitrogen and oxygen atoms in total. The highest BCUT2D eigenvalue weighted by Crippen LogP contribution is 2.39. The Kier molecular flexibility index (Phi) is 3.92. The summed E-state index contributed by atoms with van der Waals surface area (Å²) in [5, 5.41) is 15.9. The number of anilines is 1. The van der Waals surface area contributed by atoms with Gasteiger partial charge in [-0.1, -0.05) is 29.5 Å². The van der Waals surface area contributed by atoms with Gasteiger partial charge in [0.05, 0.1) is 5.69 Å². The lowest BCUT2D eigenvalue weighted by atomic mass is 10.3. The van der Waals surface area contributed by atoms with Gasteiger partial charge in [0.25, 0.3) is 0 Å². The van der Waals surface area contributed by atoms with E-state index in [1.807, 2.05) is 30.3 Å². The van der Waals surface area contributed by atoms with Crippen molar-refractivity contribution in [2.75, 3.05) is 5.32 Å². The number of hydrogen-bond donors (Lipinski definition) is 1. The predicted molar refractivity (Wildman–Crippen MR) is 93.1 cm³/mol. The van der Waals surface area contributed by atoms with E-state index < -0.39 is 0 Å². The average Bonchev–Trinajstić information content (AvgIpc) is 3.29. The molecule has 0 spiro atoms. The molecule has 0 atom stereocenters. The van der Waals surface area contributed by atoms with Gasteiger partial charge in [-0.3, -0.25) is 10.1 Å². The van der Waals surface area contributed by atoms with E-state index in [0.717, 1.165) is 29.4 Å². The summed E-state index contributed by atoms with van der Waals surface area (Å²) in [6.07, 6.45) is 2.03. The Morgan fingerprint density at radius 1 is 1.28 bits per heavy atom. The van der Waals surface area contributed by atoms with Crippen LogP contribution in [-0.4, -0.2) is 30.5 Å². The van der Waals surface area contributed by atoms with Crippen LogP contribution in [0.1, 0.15) is 29.6 Å². The van der Waals surface area contributed by atoms with Crippen LogP contribution in [0.4, 0.5) is 5.13 Å². The Balaban J connectivity index is 1.62. The van der Waals surface area contributed by atoms with Crippen LogP contribution in [0.3, 0.4) is 0 Å². The Morgan fingerprint density at radius 3 is 2.68 bits per heavy atom. The molecule has 1 aromatic carbocycles. The summed E-state index contributed by atoms with van der Waals surface area (Å²) >= 11 is 1.28. The highest BCUT2D eigenvalue weighted by molar-refractivity contribution is 7.15. The van der Waals surface area contributed by atoms with E-state index in [1.165, 1.54) is 16.0 Å². The van der Waals surface area contributed by atoms with E-state index in [-0.39, 0.29) is 24.1 Å². The monoisotopic (exact) mass is 356 g/mol. The first kappa shape index (κ1) is 15.7. The second kappa shape index (κ2) is 6.25. The number of carbonyl (C=O) groups excluding carboxylic acids is 1. The number of amides is 1. The second-order valence-electron chi connectivity index (χ2n) is 5.92. The van der Waals surface area contributed by atoms with Crippen molar-refractivity contribution in [2.24, 2.45) is 0 Å². The zero-order valence-electron chi connectivity index (χ0n) is 13.5. The van der Waals surface area contributed by atoms with Gasteiger partial charge in [0.1, 0.15) is 17.4 Å². The van der Waals surface area contributed by atoms with Gasteiger partial charge < -0.3 is 0 Å². The summed E-state index contributed by atoms with van der Waals surface area (Å²) in [4.78, 5) is 25.0. The third-order valence-corrected chi connectivity index (χ3v) is 4.64. The smallest absolute Gasteiger partial charge is 0.299 e. The Morgan fingerprint density at radius 2 is 2.04 bits per heavy atom. The van der Waals surface area contributed by atoms with Crippen molar-refractivity contribution in [2.45, 2.75) is 32.2 Å². The molecule has 1 N–H and O–H groups in total. The van der Waals surface area contributed by atoms with E-state index in [4.69, 9.17) is 0 Å². The number of aryl methyl sites for hydroxylation is 1. The number of nitrogens with one attached hydrogen (secondary N) is 1. The van der Waals surface area contributed by atoms with Gasteiger partial charge >= 0.3 is 5.69 Å². The lowest BCUT2D eigenvalue weighted by molar-refractivity contribution is -0.117. The number of para-hydroxylation sites is 1. The predicted octanol–water partition coefficient (Wildman–Crippen LogP) is 1.71. The van der Waals surface area contributed by atoms with E-state index in [9.17, 15) is 9.59 Å². The van der Waals surface area contributed by atoms with Crippen molar-refractivity contribution in [3.8, 4) is 5.69 Å². The third-order valence-electron chi connectivity index (χ3n) is 3.89. The van der Waals surface area contributed by atoms with Gasteiger partial charge in [0.2, 0.25) is 11.0 Å². The van der Waals surface area contributed by atoms with E-state index in [1.54, 1.807) is 11.5 Å². The summed E-state index contributed by atoms with van der Waals surface area (Å²) < 4.78 is 2.81. The highest BCUT2D eigenvalue weighted by atomic mass is 32.1. The quantitative estimate of drug-likeness (QED) is 0.751. The first-order chi connectivity index (χ1) is 12.1. The zero-order valence-corrected chi connectivity index (χ0v) is 14.4. The lowest BCUT2D eigenvalue weighted by Gasteiger charge is -2.03. The molecule has 25 heavy (non-hydrogen) atoms. The molecule has 0 saturated heterocycles. The molecule has 1 fully saturated rings. The molecule has 0 unspecified atom stereocenters. The Hall–Kier alpha value is -2.81. The van der Waals surface area contributed by atoms with Gasteiger partial charge in [0, 0.05) is 5.92 Å². The summed E-state index contributed by atoms with van der Waals surface area (Å²) in [6.45, 7) is 1.65. The SMILES string of the molecule is Cc1nnc(NC(=O)Cn2nc(C3CC3)n(-c3ccccc3)c2=O)s1. The highest BCUT2D eigenvalue weighted by Gasteiger charge is 2.31. The van der Waals surface area contributed by atoms with Crippen LogP contribution >= 0.6 is 11.3 Å². The van der Waals surface area contributed by atoms with E-state index >= 15 is 0 Å². The van der Waals surface area contributed by atoms with Crippen LogP contribution in [0, 0.1) is 6.92 Å². The summed E-state index contributed by atoms with van der Waals surface area (Å²) in [6, 6.07) is 9.38. The molecule has 1 amide bonds. The maximum Gasteiger partial charge on any atom is 0.351 e. The molecule has 3 aromatic rings. The molecule has 2 heterocycles. The van der Waals surface area contributed by atoms with Crippen molar-refractivity contribution in [1.82, 2.24) is 24.5 Å². The second-order valence-corrected chi connectivity index (χ2v) is 7.10. The van der Waals surface area contributed by atoms with E-state index in [2.05, 4.69) is 20.6 Å². The van der Waals surface area contributed by atoms with Crippen molar-refractivity contribution >= 4 is 22.4 Å². The van der Waals surface area contributed by atoms with Gasteiger partial charge in [-0.2, -0.15) is 5.10 Å². The first-order valence-electron chi connectivity index (χ1n) is 7.97. The zero-order chi connectivity index (χ0) is 17.4. The summed E-state index contributed by atoms with van der Waals surface area (Å²) in [5.41, 5.74) is 0.456. The van der Waals surface area contributed by atoms with Gasteiger partial charge in [0.15, 0.2) is 0 Å². The number of benzene rings is 1. The van der Waals surface area contributed by atoms with Crippen LogP contribution < -0.4 is 11.0 Å². The van der Waals surface area contributed by atoms with E-state index in [0.29, 0.717) is 5.13 Å². The minimum absolute atomic E-state index is 0.156. The molecule has 0 aliphatic heterocycles. The van der Waals surface area contributed by atoms with Crippen LogP contribution in [0.5, 0.6) is 0 Å². The fourth-order valence-corrected chi connectivity index (χ4v) is 3.20. The van der Waals surface area contributed by atoms with Gasteiger partial charge in [-0.05, 0) is 31.9 Å².